The highest BCUT2D eigenvalue weighted by Gasteiger charge is 1.94. The Morgan fingerprint density at radius 1 is 0.267 bits per heavy atom. The van der Waals surface area contributed by atoms with E-state index in [0.29, 0.717) is 0 Å². The fraction of sp³-hybridized carbons (Fsp3) is 0.867. The summed E-state index contributed by atoms with van der Waals surface area (Å²) in [6.07, 6.45) is 43.4. The molecule has 0 aromatic carbocycles. The Morgan fingerprint density at radius 3 is 0.700 bits per heavy atom. The normalized spacial score (nSPS) is 11.9. The largest absolute Gasteiger partial charge is 0.0885 e. The Kier molecular flexibility index (Phi) is 28.0. The summed E-state index contributed by atoms with van der Waals surface area (Å²) in [5, 5.41) is 0. The first-order valence-electron chi connectivity index (χ1n) is 14.2. The van der Waals surface area contributed by atoms with Crippen LogP contribution in [-0.2, 0) is 0 Å². The van der Waals surface area contributed by atoms with Gasteiger partial charge in [-0.3, -0.25) is 0 Å². The van der Waals surface area contributed by atoms with Crippen LogP contribution in [0.25, 0.3) is 0 Å². The number of allylic oxidation sites excluding steroid dienone is 4. The lowest BCUT2D eigenvalue weighted by Gasteiger charge is -2.02. The molecule has 0 bridgehead atoms. The van der Waals surface area contributed by atoms with E-state index in [-0.39, 0.29) is 0 Å². The maximum Gasteiger partial charge on any atom is -0.0351 e. The zero-order valence-corrected chi connectivity index (χ0v) is 21.3. The third kappa shape index (κ3) is 27.5. The third-order valence-corrected chi connectivity index (χ3v) is 6.27. The Hall–Kier alpha value is -0.520. The summed E-state index contributed by atoms with van der Waals surface area (Å²) in [4.78, 5) is 0. The molecule has 0 aliphatic rings. The molecule has 0 rings (SSSR count). The van der Waals surface area contributed by atoms with Gasteiger partial charge in [-0.05, 0) is 51.4 Å². The van der Waals surface area contributed by atoms with Crippen molar-refractivity contribution in [3.63, 3.8) is 0 Å². The molecule has 0 aromatic heterocycles. The van der Waals surface area contributed by atoms with Crippen LogP contribution in [0.2, 0.25) is 0 Å². The van der Waals surface area contributed by atoms with Crippen LogP contribution in [0.5, 0.6) is 0 Å². The molecule has 0 amide bonds. The lowest BCUT2D eigenvalue weighted by atomic mass is 10.0. The van der Waals surface area contributed by atoms with E-state index >= 15 is 0 Å². The minimum Gasteiger partial charge on any atom is -0.0885 e. The lowest BCUT2D eigenvalue weighted by Crippen LogP contribution is -1.83. The molecule has 0 N–H and O–H groups in total. The van der Waals surface area contributed by atoms with Crippen LogP contribution in [0.3, 0.4) is 0 Å². The minimum atomic E-state index is 1.30. The molecule has 0 aliphatic carbocycles. The van der Waals surface area contributed by atoms with Crippen molar-refractivity contribution < 1.29 is 0 Å². The molecule has 30 heavy (non-hydrogen) atoms. The van der Waals surface area contributed by atoms with Crippen LogP contribution in [-0.4, -0.2) is 0 Å². The first kappa shape index (κ1) is 29.5. The van der Waals surface area contributed by atoms with Gasteiger partial charge in [0.2, 0.25) is 0 Å². The number of unbranched alkanes of at least 4 members (excludes halogenated alkanes) is 21. The van der Waals surface area contributed by atoms with E-state index in [1.807, 2.05) is 0 Å². The summed E-state index contributed by atoms with van der Waals surface area (Å²) in [7, 11) is 0. The first-order chi connectivity index (χ1) is 14.9. The molecule has 0 atom stereocenters. The topological polar surface area (TPSA) is 0 Å². The molecule has 0 fully saturated rings. The van der Waals surface area contributed by atoms with Crippen LogP contribution < -0.4 is 0 Å². The summed E-state index contributed by atoms with van der Waals surface area (Å²) in [5.74, 6) is 0. The Labute approximate surface area is 192 Å². The Balaban J connectivity index is 3.08. The molecule has 0 aromatic rings. The molecule has 0 saturated heterocycles. The molecule has 0 heteroatoms. The number of rotatable bonds is 25. The average molecular weight is 419 g/mol. The van der Waals surface area contributed by atoms with Crippen molar-refractivity contribution in [2.75, 3.05) is 0 Å². The van der Waals surface area contributed by atoms with Gasteiger partial charge >= 0.3 is 0 Å². The predicted molar refractivity (Wildman–Crippen MR) is 140 cm³/mol. The molecule has 0 unspecified atom stereocenters. The van der Waals surface area contributed by atoms with Crippen molar-refractivity contribution in [1.82, 2.24) is 0 Å². The molecule has 0 aliphatic heterocycles. The Morgan fingerprint density at radius 2 is 0.467 bits per heavy atom. The van der Waals surface area contributed by atoms with Crippen molar-refractivity contribution in [2.24, 2.45) is 0 Å². The summed E-state index contributed by atoms with van der Waals surface area (Å²) >= 11 is 0. The van der Waals surface area contributed by atoms with Crippen LogP contribution in [0.4, 0.5) is 0 Å². The van der Waals surface area contributed by atoms with E-state index in [4.69, 9.17) is 0 Å². The van der Waals surface area contributed by atoms with Gasteiger partial charge in [-0.1, -0.05) is 141 Å². The average Bonchev–Trinajstić information content (AvgIpc) is 2.76. The van der Waals surface area contributed by atoms with Crippen molar-refractivity contribution in [3.8, 4) is 0 Å². The van der Waals surface area contributed by atoms with Gasteiger partial charge in [-0.25, -0.2) is 0 Å². The first-order valence-corrected chi connectivity index (χ1v) is 14.2. The van der Waals surface area contributed by atoms with Gasteiger partial charge in [0, 0.05) is 0 Å². The van der Waals surface area contributed by atoms with Gasteiger partial charge in [-0.15, -0.1) is 0 Å². The molecule has 178 valence electrons. The second kappa shape index (κ2) is 28.5. The fourth-order valence-corrected chi connectivity index (χ4v) is 4.14. The van der Waals surface area contributed by atoms with E-state index in [9.17, 15) is 0 Å². The van der Waals surface area contributed by atoms with Crippen molar-refractivity contribution in [1.29, 1.82) is 0 Å². The quantitative estimate of drug-likeness (QED) is 0.102. The third-order valence-electron chi connectivity index (χ3n) is 6.27. The van der Waals surface area contributed by atoms with E-state index < -0.39 is 0 Å². The van der Waals surface area contributed by atoms with Crippen LogP contribution >= 0.6 is 0 Å². The fourth-order valence-electron chi connectivity index (χ4n) is 4.14. The summed E-state index contributed by atoms with van der Waals surface area (Å²) < 4.78 is 0. The summed E-state index contributed by atoms with van der Waals surface area (Å²) in [6, 6.07) is 0. The van der Waals surface area contributed by atoms with Crippen molar-refractivity contribution in [3.05, 3.63) is 24.3 Å². The zero-order valence-electron chi connectivity index (χ0n) is 21.3. The molecular weight excluding hydrogens is 360 g/mol. The second-order valence-electron chi connectivity index (χ2n) is 9.46. The molecule has 0 spiro atoms. The highest BCUT2D eigenvalue weighted by Crippen LogP contribution is 2.13. The molecule has 0 nitrogen and oxygen atoms in total. The Bertz CT molecular complexity index is 304. The molecule has 0 saturated carbocycles. The summed E-state index contributed by atoms with van der Waals surface area (Å²) in [5.41, 5.74) is 0. The maximum atomic E-state index is 2.43. The SMILES string of the molecule is CCCCCCC=CCCCCCCCCCCCCCCC=CCCCCCC. The van der Waals surface area contributed by atoms with E-state index in [2.05, 4.69) is 38.2 Å². The van der Waals surface area contributed by atoms with Gasteiger partial charge in [0.15, 0.2) is 0 Å². The van der Waals surface area contributed by atoms with Gasteiger partial charge in [0.25, 0.3) is 0 Å². The highest BCUT2D eigenvalue weighted by molar-refractivity contribution is 4.81. The molecule has 0 radical (unpaired) electrons. The molecular formula is C30H58. The predicted octanol–water partition coefficient (Wildman–Crippen LogP) is 11.5. The van der Waals surface area contributed by atoms with Crippen LogP contribution in [0, 0.1) is 0 Å². The van der Waals surface area contributed by atoms with Gasteiger partial charge in [-0.2, -0.15) is 0 Å². The zero-order chi connectivity index (χ0) is 21.8. The lowest BCUT2D eigenvalue weighted by molar-refractivity contribution is 0.542. The van der Waals surface area contributed by atoms with Gasteiger partial charge in [0.1, 0.15) is 0 Å². The van der Waals surface area contributed by atoms with E-state index in [0.717, 1.165) is 0 Å². The smallest absolute Gasteiger partial charge is 0.0351 e. The standard InChI is InChI=1S/C30H58/c1-3-5-7-9-11-13-15-17-19-21-23-25-27-29-30-28-26-24-22-20-18-16-14-12-10-8-6-4-2/h13-16H,3-12,17-30H2,1-2H3. The van der Waals surface area contributed by atoms with Crippen LogP contribution in [0.1, 0.15) is 168 Å². The monoisotopic (exact) mass is 418 g/mol. The van der Waals surface area contributed by atoms with Crippen molar-refractivity contribution in [2.45, 2.75) is 168 Å². The molecule has 0 heterocycles. The van der Waals surface area contributed by atoms with Crippen molar-refractivity contribution >= 4 is 0 Å². The summed E-state index contributed by atoms with van der Waals surface area (Å²) in [6.45, 7) is 4.57. The number of hydrogen-bond acceptors (Lipinski definition) is 0. The van der Waals surface area contributed by atoms with Gasteiger partial charge in [0.05, 0.1) is 0 Å². The minimum absolute atomic E-state index is 1.30. The second-order valence-corrected chi connectivity index (χ2v) is 9.46. The maximum absolute atomic E-state index is 2.43. The van der Waals surface area contributed by atoms with Gasteiger partial charge < -0.3 is 0 Å². The highest BCUT2D eigenvalue weighted by atomic mass is 14.0. The number of hydrogen-bond donors (Lipinski definition) is 0. The van der Waals surface area contributed by atoms with E-state index in [1.54, 1.807) is 0 Å². The van der Waals surface area contributed by atoms with E-state index in [1.165, 1.54) is 154 Å². The van der Waals surface area contributed by atoms with Crippen LogP contribution in [0.15, 0.2) is 24.3 Å².